The van der Waals surface area contributed by atoms with Crippen molar-refractivity contribution in [1.29, 1.82) is 0 Å². The Labute approximate surface area is 126 Å². The number of hydrogen-bond donors (Lipinski definition) is 1. The molecule has 1 atom stereocenters. The highest BCUT2D eigenvalue weighted by Crippen LogP contribution is 2.25. The first kappa shape index (κ1) is 15.6. The molecule has 0 saturated carbocycles. The Morgan fingerprint density at radius 1 is 1.38 bits per heavy atom. The van der Waals surface area contributed by atoms with Gasteiger partial charge in [-0.15, -0.1) is 0 Å². The minimum Gasteiger partial charge on any atom is -0.493 e. The molecule has 0 unspecified atom stereocenters. The lowest BCUT2D eigenvalue weighted by atomic mass is 10.1. The molecular weight excluding hydrogens is 268 g/mol. The first-order chi connectivity index (χ1) is 10.2. The lowest BCUT2D eigenvalue weighted by Crippen LogP contribution is -2.35. The van der Waals surface area contributed by atoms with Crippen LogP contribution in [-0.4, -0.2) is 51.2 Å². The van der Waals surface area contributed by atoms with Crippen molar-refractivity contribution in [3.05, 3.63) is 24.3 Å². The van der Waals surface area contributed by atoms with Crippen LogP contribution in [0.3, 0.4) is 0 Å². The molecule has 5 heteroatoms. The van der Waals surface area contributed by atoms with Crippen molar-refractivity contribution in [2.75, 3.05) is 40.4 Å². The van der Waals surface area contributed by atoms with Crippen LogP contribution in [0.2, 0.25) is 0 Å². The molecule has 1 heterocycles. The summed E-state index contributed by atoms with van der Waals surface area (Å²) in [6.07, 6.45) is 1.75. The van der Waals surface area contributed by atoms with Crippen molar-refractivity contribution < 1.29 is 14.3 Å². The van der Waals surface area contributed by atoms with Gasteiger partial charge >= 0.3 is 0 Å². The van der Waals surface area contributed by atoms with Crippen molar-refractivity contribution in [2.24, 2.45) is 5.92 Å². The zero-order chi connectivity index (χ0) is 15.1. The van der Waals surface area contributed by atoms with E-state index in [9.17, 15) is 4.79 Å². The molecule has 0 spiro atoms. The number of para-hydroxylation sites is 2. The van der Waals surface area contributed by atoms with E-state index in [-0.39, 0.29) is 11.8 Å². The third-order valence-corrected chi connectivity index (χ3v) is 3.75. The molecule has 1 aromatic rings. The molecule has 5 nitrogen and oxygen atoms in total. The third-order valence-electron chi connectivity index (χ3n) is 3.75. The molecule has 0 bridgehead atoms. The van der Waals surface area contributed by atoms with Crippen LogP contribution in [0.15, 0.2) is 24.3 Å². The number of carbonyl (C=O) groups excluding carboxylic acids is 1. The van der Waals surface area contributed by atoms with Gasteiger partial charge in [0.1, 0.15) is 0 Å². The largest absolute Gasteiger partial charge is 0.493 e. The number of nitrogens with one attached hydrogen (secondary N) is 1. The summed E-state index contributed by atoms with van der Waals surface area (Å²) >= 11 is 0. The molecule has 1 aromatic carbocycles. The van der Waals surface area contributed by atoms with Gasteiger partial charge < -0.3 is 19.7 Å². The molecule has 0 radical (unpaired) electrons. The van der Waals surface area contributed by atoms with Gasteiger partial charge in [0.15, 0.2) is 11.5 Å². The lowest BCUT2D eigenvalue weighted by molar-refractivity contribution is -0.133. The van der Waals surface area contributed by atoms with Gasteiger partial charge in [-0.25, -0.2) is 0 Å². The molecule has 0 aromatic heterocycles. The van der Waals surface area contributed by atoms with Gasteiger partial charge in [-0.1, -0.05) is 12.1 Å². The summed E-state index contributed by atoms with van der Waals surface area (Å²) in [4.78, 5) is 13.9. The highest BCUT2D eigenvalue weighted by Gasteiger charge is 2.24. The van der Waals surface area contributed by atoms with Gasteiger partial charge in [-0.2, -0.15) is 0 Å². The van der Waals surface area contributed by atoms with Gasteiger partial charge in [0.05, 0.1) is 19.6 Å². The number of hydrogen-bond acceptors (Lipinski definition) is 4. The van der Waals surface area contributed by atoms with E-state index in [4.69, 9.17) is 9.47 Å². The minimum atomic E-state index is 0.144. The molecule has 1 fully saturated rings. The van der Waals surface area contributed by atoms with Gasteiger partial charge in [0.25, 0.3) is 0 Å². The monoisotopic (exact) mass is 292 g/mol. The molecule has 0 aliphatic carbocycles. The second kappa shape index (κ2) is 7.88. The molecule has 2 rings (SSSR count). The molecule has 1 aliphatic rings. The Kier molecular flexibility index (Phi) is 5.87. The average Bonchev–Trinajstić information content (AvgIpc) is 3.05. The molecule has 1 N–H and O–H groups in total. The van der Waals surface area contributed by atoms with E-state index in [0.717, 1.165) is 37.4 Å². The highest BCUT2D eigenvalue weighted by molar-refractivity contribution is 5.79. The number of benzene rings is 1. The molecule has 1 saturated heterocycles. The second-order valence-electron chi connectivity index (χ2n) is 5.30. The molecule has 1 aliphatic heterocycles. The van der Waals surface area contributed by atoms with Crippen LogP contribution >= 0.6 is 0 Å². The Balaban J connectivity index is 1.70. The van der Waals surface area contributed by atoms with E-state index in [0.29, 0.717) is 13.2 Å². The molecule has 21 heavy (non-hydrogen) atoms. The van der Waals surface area contributed by atoms with Crippen molar-refractivity contribution >= 4 is 5.91 Å². The summed E-state index contributed by atoms with van der Waals surface area (Å²) in [5, 5.41) is 3.22. The van der Waals surface area contributed by atoms with E-state index in [2.05, 4.69) is 5.32 Å². The first-order valence-corrected chi connectivity index (χ1v) is 7.44. The van der Waals surface area contributed by atoms with Crippen LogP contribution < -0.4 is 14.8 Å². The van der Waals surface area contributed by atoms with Crippen LogP contribution in [0.1, 0.15) is 12.8 Å². The van der Waals surface area contributed by atoms with Gasteiger partial charge in [0.2, 0.25) is 5.91 Å². The zero-order valence-electron chi connectivity index (χ0n) is 12.8. The van der Waals surface area contributed by atoms with Crippen LogP contribution in [0.25, 0.3) is 0 Å². The number of methoxy groups -OCH3 is 1. The summed E-state index contributed by atoms with van der Waals surface area (Å²) in [6, 6.07) is 7.59. The molecular formula is C16H24N2O3. The number of nitrogens with zero attached hydrogens (tertiary/aromatic N) is 1. The summed E-state index contributed by atoms with van der Waals surface area (Å²) < 4.78 is 10.9. The number of rotatable bonds is 7. The fourth-order valence-corrected chi connectivity index (χ4v) is 2.51. The van der Waals surface area contributed by atoms with Crippen molar-refractivity contribution in [3.63, 3.8) is 0 Å². The third kappa shape index (κ3) is 4.36. The van der Waals surface area contributed by atoms with Gasteiger partial charge in [-0.3, -0.25) is 4.79 Å². The van der Waals surface area contributed by atoms with E-state index in [1.807, 2.05) is 36.2 Å². The number of ether oxygens (including phenoxy) is 2. The second-order valence-corrected chi connectivity index (χ2v) is 5.30. The van der Waals surface area contributed by atoms with Gasteiger partial charge in [0, 0.05) is 20.1 Å². The quantitative estimate of drug-likeness (QED) is 0.774. The van der Waals surface area contributed by atoms with Crippen molar-refractivity contribution in [2.45, 2.75) is 12.8 Å². The highest BCUT2D eigenvalue weighted by atomic mass is 16.5. The van der Waals surface area contributed by atoms with E-state index >= 15 is 0 Å². The van der Waals surface area contributed by atoms with Crippen LogP contribution in [-0.2, 0) is 4.79 Å². The van der Waals surface area contributed by atoms with Crippen LogP contribution in [0.5, 0.6) is 11.5 Å². The Hall–Kier alpha value is -1.75. The predicted octanol–water partition coefficient (Wildman–Crippen LogP) is 1.53. The fraction of sp³-hybridized carbons (Fsp3) is 0.562. The maximum Gasteiger partial charge on any atom is 0.226 e. The summed E-state index contributed by atoms with van der Waals surface area (Å²) in [7, 11) is 3.49. The van der Waals surface area contributed by atoms with Gasteiger partial charge in [-0.05, 0) is 31.5 Å². The maximum absolute atomic E-state index is 12.1. The zero-order valence-corrected chi connectivity index (χ0v) is 12.8. The Morgan fingerprint density at radius 3 is 2.81 bits per heavy atom. The SMILES string of the molecule is COc1ccccc1OCCCN(C)C(=O)[C@@H]1CCNC1. The summed E-state index contributed by atoms with van der Waals surface area (Å²) in [6.45, 7) is 3.04. The van der Waals surface area contributed by atoms with E-state index < -0.39 is 0 Å². The first-order valence-electron chi connectivity index (χ1n) is 7.44. The topological polar surface area (TPSA) is 50.8 Å². The molecule has 1 amide bonds. The average molecular weight is 292 g/mol. The summed E-state index contributed by atoms with van der Waals surface area (Å²) in [5.41, 5.74) is 0. The Bertz CT molecular complexity index is 459. The normalized spacial score (nSPS) is 17.5. The summed E-state index contributed by atoms with van der Waals surface area (Å²) in [5.74, 6) is 1.86. The minimum absolute atomic E-state index is 0.144. The lowest BCUT2D eigenvalue weighted by Gasteiger charge is -2.20. The van der Waals surface area contributed by atoms with E-state index in [1.165, 1.54) is 0 Å². The van der Waals surface area contributed by atoms with Crippen LogP contribution in [0, 0.1) is 5.92 Å². The fourth-order valence-electron chi connectivity index (χ4n) is 2.51. The smallest absolute Gasteiger partial charge is 0.226 e. The van der Waals surface area contributed by atoms with Crippen molar-refractivity contribution in [1.82, 2.24) is 10.2 Å². The van der Waals surface area contributed by atoms with Crippen molar-refractivity contribution in [3.8, 4) is 11.5 Å². The number of carbonyl (C=O) groups is 1. The maximum atomic E-state index is 12.1. The van der Waals surface area contributed by atoms with Crippen LogP contribution in [0.4, 0.5) is 0 Å². The molecule has 116 valence electrons. The standard InChI is InChI=1S/C16H24N2O3/c1-18(16(19)13-8-9-17-12-13)10-5-11-21-15-7-4-3-6-14(15)20-2/h3-4,6-7,13,17H,5,8-12H2,1-2H3/t13-/m1/s1. The number of amides is 1. The van der Waals surface area contributed by atoms with E-state index in [1.54, 1.807) is 7.11 Å². The Morgan fingerprint density at radius 2 is 2.14 bits per heavy atom. The predicted molar refractivity (Wildman–Crippen MR) is 81.7 cm³/mol.